The summed E-state index contributed by atoms with van der Waals surface area (Å²) >= 11 is 1.52. The van der Waals surface area contributed by atoms with Crippen LogP contribution in [0.3, 0.4) is 0 Å². The normalized spacial score (nSPS) is 17.3. The lowest BCUT2D eigenvalue weighted by Crippen LogP contribution is -2.20. The topological polar surface area (TPSA) is 75.5 Å². The van der Waals surface area contributed by atoms with Crippen LogP contribution in [0.5, 0.6) is 11.5 Å². The highest BCUT2D eigenvalue weighted by Gasteiger charge is 2.39. The van der Waals surface area contributed by atoms with Crippen LogP contribution in [-0.4, -0.2) is 22.0 Å². The highest BCUT2D eigenvalue weighted by atomic mass is 32.2. The predicted molar refractivity (Wildman–Crippen MR) is 123 cm³/mol. The number of aromatic hydroxyl groups is 1. The van der Waals surface area contributed by atoms with Crippen molar-refractivity contribution in [3.05, 3.63) is 75.8 Å². The Kier molecular flexibility index (Phi) is 5.82. The van der Waals surface area contributed by atoms with E-state index in [1.807, 2.05) is 19.1 Å². The van der Waals surface area contributed by atoms with Crippen LogP contribution in [0.1, 0.15) is 23.5 Å². The fourth-order valence-electron chi connectivity index (χ4n) is 3.47. The molecule has 1 aromatic heterocycles. The highest BCUT2D eigenvalue weighted by molar-refractivity contribution is 8.01. The Hall–Kier alpha value is -3.13. The van der Waals surface area contributed by atoms with E-state index >= 15 is 0 Å². The molecule has 1 aliphatic carbocycles. The summed E-state index contributed by atoms with van der Waals surface area (Å²) in [7, 11) is 3.12. The minimum atomic E-state index is -0.403. The largest absolute Gasteiger partial charge is 0.508 e. The molecule has 0 radical (unpaired) electrons. The van der Waals surface area contributed by atoms with Gasteiger partial charge in [0.1, 0.15) is 23.1 Å². The van der Waals surface area contributed by atoms with E-state index in [-0.39, 0.29) is 17.0 Å². The van der Waals surface area contributed by atoms with Gasteiger partial charge in [0.2, 0.25) is 0 Å². The summed E-state index contributed by atoms with van der Waals surface area (Å²) < 4.78 is 24.6. The molecule has 4 rings (SSSR count). The molecule has 1 fully saturated rings. The first kappa shape index (κ1) is 21.1. The van der Waals surface area contributed by atoms with Gasteiger partial charge in [0.15, 0.2) is 5.75 Å². The Morgan fingerprint density at radius 3 is 2.74 bits per heavy atom. The number of anilines is 3. The van der Waals surface area contributed by atoms with Crippen LogP contribution in [-0.2, 0) is 7.05 Å². The molecule has 0 aliphatic heterocycles. The number of phenols is 1. The van der Waals surface area contributed by atoms with Crippen LogP contribution in [0.15, 0.2) is 53.3 Å². The van der Waals surface area contributed by atoms with E-state index in [4.69, 9.17) is 4.74 Å². The molecule has 162 valence electrons. The number of hydrogen-bond donors (Lipinski definition) is 3. The molecule has 1 aliphatic rings. The predicted octanol–water partition coefficient (Wildman–Crippen LogP) is 4.91. The van der Waals surface area contributed by atoms with Crippen LogP contribution < -0.4 is 20.3 Å². The third-order valence-corrected chi connectivity index (χ3v) is 6.49. The molecule has 0 bridgehead atoms. The molecule has 2 unspecified atom stereocenters. The van der Waals surface area contributed by atoms with Gasteiger partial charge in [-0.1, -0.05) is 18.2 Å². The van der Waals surface area contributed by atoms with Crippen molar-refractivity contribution in [1.82, 2.24) is 4.57 Å². The number of benzene rings is 2. The maximum atomic E-state index is 14.5. The van der Waals surface area contributed by atoms with Crippen molar-refractivity contribution in [3.63, 3.8) is 0 Å². The van der Waals surface area contributed by atoms with Crippen molar-refractivity contribution in [2.75, 3.05) is 17.1 Å². The number of phenolic OH excluding ortho intramolecular Hbond substituents is 1. The Morgan fingerprint density at radius 2 is 2.03 bits per heavy atom. The number of pyridine rings is 1. The van der Waals surface area contributed by atoms with Crippen LogP contribution >= 0.6 is 11.9 Å². The number of ether oxygens (including phenoxy) is 1. The average molecular weight is 442 g/mol. The van der Waals surface area contributed by atoms with Crippen molar-refractivity contribution in [3.8, 4) is 11.5 Å². The molecule has 2 atom stereocenters. The first-order valence-electron chi connectivity index (χ1n) is 9.89. The molecule has 1 saturated carbocycles. The second kappa shape index (κ2) is 8.55. The van der Waals surface area contributed by atoms with Crippen LogP contribution in [0.4, 0.5) is 21.6 Å². The number of aromatic nitrogens is 1. The molecule has 0 spiro atoms. The van der Waals surface area contributed by atoms with E-state index in [1.54, 1.807) is 31.3 Å². The molecule has 2 aromatic carbocycles. The standard InChI is InChI=1S/C23H24FN3O3S/c1-13-7-8-18(17(24)9-13)25-23-22(19(30-3)12-21(29)27(23)2)26-31-20-11-16(20)14-5-4-6-15(28)10-14/h4-10,12,16,20,25-26,28H,11H2,1-3H3. The van der Waals surface area contributed by atoms with Gasteiger partial charge in [0.25, 0.3) is 5.56 Å². The zero-order valence-corrected chi connectivity index (χ0v) is 18.3. The SMILES string of the molecule is COc1cc(=O)n(C)c(Nc2ccc(C)cc2F)c1NSC1CC1c1cccc(O)c1. The molecule has 1 heterocycles. The molecular weight excluding hydrogens is 417 g/mol. The fraction of sp³-hybridized carbons (Fsp3) is 0.261. The first-order valence-corrected chi connectivity index (χ1v) is 10.8. The third-order valence-electron chi connectivity index (χ3n) is 5.34. The van der Waals surface area contributed by atoms with Crippen molar-refractivity contribution in [2.45, 2.75) is 24.5 Å². The maximum absolute atomic E-state index is 14.5. The number of halogens is 1. The quantitative estimate of drug-likeness (QED) is 0.453. The second-order valence-electron chi connectivity index (χ2n) is 7.64. The minimum Gasteiger partial charge on any atom is -0.508 e. The lowest BCUT2D eigenvalue weighted by Gasteiger charge is -2.19. The summed E-state index contributed by atoms with van der Waals surface area (Å²) in [6.07, 6.45) is 0.963. The molecule has 31 heavy (non-hydrogen) atoms. The molecule has 0 amide bonds. The van der Waals surface area contributed by atoms with Gasteiger partial charge in [-0.15, -0.1) is 0 Å². The van der Waals surface area contributed by atoms with E-state index in [0.717, 1.165) is 17.5 Å². The number of aryl methyl sites for hydroxylation is 1. The zero-order valence-electron chi connectivity index (χ0n) is 17.5. The molecular formula is C23H24FN3O3S. The summed E-state index contributed by atoms with van der Waals surface area (Å²) in [5.41, 5.74) is 2.46. The van der Waals surface area contributed by atoms with Crippen LogP contribution in [0.25, 0.3) is 0 Å². The van der Waals surface area contributed by atoms with Crippen LogP contribution in [0.2, 0.25) is 0 Å². The van der Waals surface area contributed by atoms with E-state index in [2.05, 4.69) is 10.0 Å². The Bertz CT molecular complexity index is 1180. The summed E-state index contributed by atoms with van der Waals surface area (Å²) in [5, 5.41) is 13.1. The molecule has 6 nitrogen and oxygen atoms in total. The van der Waals surface area contributed by atoms with Gasteiger partial charge >= 0.3 is 0 Å². The average Bonchev–Trinajstić information content (AvgIpc) is 3.52. The van der Waals surface area contributed by atoms with E-state index < -0.39 is 5.82 Å². The van der Waals surface area contributed by atoms with Crippen molar-refractivity contribution in [2.24, 2.45) is 7.05 Å². The highest BCUT2D eigenvalue weighted by Crippen LogP contribution is 2.50. The number of nitrogens with zero attached hydrogens (tertiary/aromatic N) is 1. The van der Waals surface area contributed by atoms with Crippen molar-refractivity contribution in [1.29, 1.82) is 0 Å². The van der Waals surface area contributed by atoms with E-state index in [0.29, 0.717) is 28.4 Å². The number of rotatable bonds is 7. The minimum absolute atomic E-state index is 0.257. The number of hydrogen-bond acceptors (Lipinski definition) is 6. The first-order chi connectivity index (χ1) is 14.9. The van der Waals surface area contributed by atoms with Crippen LogP contribution in [0, 0.1) is 12.7 Å². The molecule has 3 N–H and O–H groups in total. The summed E-state index contributed by atoms with van der Waals surface area (Å²) in [4.78, 5) is 12.4. The lowest BCUT2D eigenvalue weighted by molar-refractivity contribution is 0.415. The monoisotopic (exact) mass is 441 g/mol. The molecule has 8 heteroatoms. The Labute approximate surface area is 184 Å². The van der Waals surface area contributed by atoms with E-state index in [1.165, 1.54) is 35.8 Å². The third kappa shape index (κ3) is 4.49. The lowest BCUT2D eigenvalue weighted by atomic mass is 10.1. The van der Waals surface area contributed by atoms with Gasteiger partial charge in [-0.2, -0.15) is 0 Å². The summed E-state index contributed by atoms with van der Waals surface area (Å²) in [5.74, 6) is 0.968. The number of methoxy groups -OCH3 is 1. The fourth-order valence-corrected chi connectivity index (χ4v) is 4.56. The van der Waals surface area contributed by atoms with Gasteiger partial charge in [0.05, 0.1) is 12.8 Å². The van der Waals surface area contributed by atoms with Gasteiger partial charge in [-0.25, -0.2) is 4.39 Å². The summed E-state index contributed by atoms with van der Waals surface area (Å²) in [6.45, 7) is 1.82. The Morgan fingerprint density at radius 1 is 1.23 bits per heavy atom. The van der Waals surface area contributed by atoms with E-state index in [9.17, 15) is 14.3 Å². The van der Waals surface area contributed by atoms with Gasteiger partial charge in [0, 0.05) is 18.4 Å². The smallest absolute Gasteiger partial charge is 0.255 e. The van der Waals surface area contributed by atoms with Crippen molar-refractivity contribution < 1.29 is 14.2 Å². The maximum Gasteiger partial charge on any atom is 0.255 e. The zero-order chi connectivity index (χ0) is 22.1. The van der Waals surface area contributed by atoms with Gasteiger partial charge < -0.3 is 19.9 Å². The Balaban J connectivity index is 1.59. The van der Waals surface area contributed by atoms with Gasteiger partial charge in [-0.3, -0.25) is 9.36 Å². The van der Waals surface area contributed by atoms with Gasteiger partial charge in [-0.05, 0) is 66.6 Å². The van der Waals surface area contributed by atoms with Crippen molar-refractivity contribution >= 4 is 29.1 Å². The number of nitrogens with one attached hydrogen (secondary N) is 2. The molecule has 3 aromatic rings. The molecule has 0 saturated heterocycles. The second-order valence-corrected chi connectivity index (χ2v) is 8.68. The summed E-state index contributed by atoms with van der Waals surface area (Å²) in [6, 6.07) is 13.6.